The first kappa shape index (κ1) is 16.4. The maximum atomic E-state index is 12.2. The SMILES string of the molecule is Cl.NC1CCCC(C(=O)Nc2cnn(-c3ncccn3)c2)C1. The number of hydrogen-bond acceptors (Lipinski definition) is 5. The zero-order valence-corrected chi connectivity index (χ0v) is 12.9. The summed E-state index contributed by atoms with van der Waals surface area (Å²) in [5, 5.41) is 7.04. The molecule has 2 heterocycles. The van der Waals surface area contributed by atoms with Gasteiger partial charge in [0.1, 0.15) is 0 Å². The molecular weight excluding hydrogens is 304 g/mol. The third-order valence-corrected chi connectivity index (χ3v) is 3.69. The lowest BCUT2D eigenvalue weighted by molar-refractivity contribution is -0.120. The zero-order valence-electron chi connectivity index (χ0n) is 12.1. The number of carbonyl (C=O) groups excluding carboxylic acids is 1. The van der Waals surface area contributed by atoms with E-state index in [2.05, 4.69) is 20.4 Å². The molecule has 2 atom stereocenters. The van der Waals surface area contributed by atoms with Crippen LogP contribution >= 0.6 is 12.4 Å². The molecule has 8 heteroatoms. The van der Waals surface area contributed by atoms with Crippen molar-refractivity contribution in [2.75, 3.05) is 5.32 Å². The fourth-order valence-electron chi connectivity index (χ4n) is 2.62. The van der Waals surface area contributed by atoms with Crippen LogP contribution in [0.4, 0.5) is 5.69 Å². The Morgan fingerprint density at radius 1 is 1.32 bits per heavy atom. The number of rotatable bonds is 3. The van der Waals surface area contributed by atoms with Gasteiger partial charge in [-0.2, -0.15) is 5.10 Å². The minimum atomic E-state index is -0.00919. The molecule has 3 N–H and O–H groups in total. The Labute approximate surface area is 134 Å². The molecule has 7 nitrogen and oxygen atoms in total. The van der Waals surface area contributed by atoms with E-state index in [4.69, 9.17) is 5.73 Å². The lowest BCUT2D eigenvalue weighted by Gasteiger charge is -2.25. The first-order chi connectivity index (χ1) is 10.2. The summed E-state index contributed by atoms with van der Waals surface area (Å²) in [5.74, 6) is 0.474. The number of nitrogens with two attached hydrogens (primary N) is 1. The van der Waals surface area contributed by atoms with E-state index in [-0.39, 0.29) is 30.3 Å². The average molecular weight is 323 g/mol. The fourth-order valence-corrected chi connectivity index (χ4v) is 2.62. The van der Waals surface area contributed by atoms with Crippen LogP contribution in [-0.2, 0) is 4.79 Å². The number of carbonyl (C=O) groups is 1. The highest BCUT2D eigenvalue weighted by atomic mass is 35.5. The van der Waals surface area contributed by atoms with E-state index in [1.54, 1.807) is 30.9 Å². The summed E-state index contributed by atoms with van der Waals surface area (Å²) in [6.07, 6.45) is 10.3. The van der Waals surface area contributed by atoms with E-state index in [1.807, 2.05) is 0 Å². The van der Waals surface area contributed by atoms with Crippen LogP contribution in [0.5, 0.6) is 0 Å². The molecule has 1 aliphatic carbocycles. The molecule has 0 aliphatic heterocycles. The second-order valence-corrected chi connectivity index (χ2v) is 5.34. The van der Waals surface area contributed by atoms with Gasteiger partial charge in [-0.15, -0.1) is 12.4 Å². The Bertz CT molecular complexity index is 617. The number of anilines is 1. The Morgan fingerprint density at radius 3 is 2.82 bits per heavy atom. The van der Waals surface area contributed by atoms with E-state index in [1.165, 1.54) is 4.68 Å². The highest BCUT2D eigenvalue weighted by Gasteiger charge is 2.25. The lowest BCUT2D eigenvalue weighted by Crippen LogP contribution is -2.34. The highest BCUT2D eigenvalue weighted by Crippen LogP contribution is 2.24. The fraction of sp³-hybridized carbons (Fsp3) is 0.429. The van der Waals surface area contributed by atoms with E-state index in [9.17, 15) is 4.79 Å². The number of nitrogens with one attached hydrogen (secondary N) is 1. The van der Waals surface area contributed by atoms with Crippen LogP contribution in [0.2, 0.25) is 0 Å². The predicted octanol–water partition coefficient (Wildman–Crippen LogP) is 1.54. The predicted molar refractivity (Wildman–Crippen MR) is 85.0 cm³/mol. The van der Waals surface area contributed by atoms with E-state index in [0.29, 0.717) is 11.6 Å². The number of amides is 1. The molecule has 0 spiro atoms. The highest BCUT2D eigenvalue weighted by molar-refractivity contribution is 5.92. The minimum Gasteiger partial charge on any atom is -0.328 e. The maximum absolute atomic E-state index is 12.2. The zero-order chi connectivity index (χ0) is 14.7. The lowest BCUT2D eigenvalue weighted by atomic mass is 9.85. The van der Waals surface area contributed by atoms with Gasteiger partial charge in [0.2, 0.25) is 11.9 Å². The van der Waals surface area contributed by atoms with Gasteiger partial charge in [0.25, 0.3) is 0 Å². The molecule has 118 valence electrons. The molecule has 0 aromatic carbocycles. The molecule has 1 amide bonds. The molecule has 1 fully saturated rings. The molecule has 0 bridgehead atoms. The van der Waals surface area contributed by atoms with Crippen LogP contribution in [-0.4, -0.2) is 31.7 Å². The topological polar surface area (TPSA) is 98.7 Å². The van der Waals surface area contributed by atoms with Crippen molar-refractivity contribution in [3.63, 3.8) is 0 Å². The Balaban J connectivity index is 0.00000176. The van der Waals surface area contributed by atoms with E-state index >= 15 is 0 Å². The first-order valence-corrected chi connectivity index (χ1v) is 7.11. The maximum Gasteiger partial charge on any atom is 0.250 e. The van der Waals surface area contributed by atoms with Crippen LogP contribution in [0.3, 0.4) is 0 Å². The number of nitrogens with zero attached hydrogens (tertiary/aromatic N) is 4. The normalized spacial score (nSPS) is 21.0. The largest absolute Gasteiger partial charge is 0.328 e. The molecule has 2 unspecified atom stereocenters. The molecule has 2 aromatic rings. The van der Waals surface area contributed by atoms with Crippen molar-refractivity contribution in [3.8, 4) is 5.95 Å². The Morgan fingerprint density at radius 2 is 2.09 bits per heavy atom. The van der Waals surface area contributed by atoms with Crippen LogP contribution in [0.25, 0.3) is 5.95 Å². The van der Waals surface area contributed by atoms with E-state index in [0.717, 1.165) is 25.7 Å². The summed E-state index contributed by atoms with van der Waals surface area (Å²) in [4.78, 5) is 20.4. The first-order valence-electron chi connectivity index (χ1n) is 7.11. The van der Waals surface area contributed by atoms with Gasteiger partial charge in [0, 0.05) is 24.4 Å². The van der Waals surface area contributed by atoms with Crippen molar-refractivity contribution in [1.82, 2.24) is 19.7 Å². The molecule has 2 aromatic heterocycles. The van der Waals surface area contributed by atoms with Gasteiger partial charge in [0.15, 0.2) is 0 Å². The molecule has 1 saturated carbocycles. The Kier molecular flexibility index (Phi) is 5.46. The van der Waals surface area contributed by atoms with Crippen molar-refractivity contribution >= 4 is 24.0 Å². The third-order valence-electron chi connectivity index (χ3n) is 3.69. The summed E-state index contributed by atoms with van der Waals surface area (Å²) < 4.78 is 1.53. The molecule has 0 saturated heterocycles. The summed E-state index contributed by atoms with van der Waals surface area (Å²) >= 11 is 0. The van der Waals surface area contributed by atoms with Gasteiger partial charge in [-0.25, -0.2) is 14.6 Å². The molecule has 0 radical (unpaired) electrons. The van der Waals surface area contributed by atoms with Crippen LogP contribution in [0.15, 0.2) is 30.9 Å². The van der Waals surface area contributed by atoms with Gasteiger partial charge < -0.3 is 11.1 Å². The van der Waals surface area contributed by atoms with Crippen molar-refractivity contribution in [2.45, 2.75) is 31.7 Å². The van der Waals surface area contributed by atoms with Crippen molar-refractivity contribution in [3.05, 3.63) is 30.9 Å². The summed E-state index contributed by atoms with van der Waals surface area (Å²) in [6.45, 7) is 0. The van der Waals surface area contributed by atoms with Crippen LogP contribution in [0, 0.1) is 5.92 Å². The second-order valence-electron chi connectivity index (χ2n) is 5.34. The van der Waals surface area contributed by atoms with Crippen molar-refractivity contribution < 1.29 is 4.79 Å². The number of hydrogen-bond donors (Lipinski definition) is 2. The number of halogens is 1. The smallest absolute Gasteiger partial charge is 0.250 e. The molecule has 1 aliphatic rings. The summed E-state index contributed by atoms with van der Waals surface area (Å²) in [7, 11) is 0. The number of aromatic nitrogens is 4. The van der Waals surface area contributed by atoms with Crippen LogP contribution < -0.4 is 11.1 Å². The van der Waals surface area contributed by atoms with Crippen molar-refractivity contribution in [1.29, 1.82) is 0 Å². The molecule has 22 heavy (non-hydrogen) atoms. The van der Waals surface area contributed by atoms with Gasteiger partial charge in [0.05, 0.1) is 18.1 Å². The van der Waals surface area contributed by atoms with Gasteiger partial charge in [-0.3, -0.25) is 4.79 Å². The van der Waals surface area contributed by atoms with Gasteiger partial charge in [-0.05, 0) is 25.3 Å². The van der Waals surface area contributed by atoms with Crippen molar-refractivity contribution in [2.24, 2.45) is 11.7 Å². The third kappa shape index (κ3) is 3.80. The van der Waals surface area contributed by atoms with Crippen LogP contribution in [0.1, 0.15) is 25.7 Å². The van der Waals surface area contributed by atoms with Gasteiger partial charge in [-0.1, -0.05) is 6.42 Å². The standard InChI is InChI=1S/C14H18N6O.ClH/c15-11-4-1-3-10(7-11)13(21)19-12-8-18-20(9-12)14-16-5-2-6-17-14;/h2,5-6,8-11H,1,3-4,7,15H2,(H,19,21);1H. The van der Waals surface area contributed by atoms with E-state index < -0.39 is 0 Å². The summed E-state index contributed by atoms with van der Waals surface area (Å²) in [6, 6.07) is 1.87. The monoisotopic (exact) mass is 322 g/mol. The quantitative estimate of drug-likeness (QED) is 0.893. The second kappa shape index (κ2) is 7.33. The molecule has 3 rings (SSSR count). The Hall–Kier alpha value is -1.99. The average Bonchev–Trinajstić information content (AvgIpc) is 2.97. The summed E-state index contributed by atoms with van der Waals surface area (Å²) in [5.41, 5.74) is 6.57. The van der Waals surface area contributed by atoms with Gasteiger partial charge >= 0.3 is 0 Å². The molecular formula is C14H19ClN6O. The minimum absolute atomic E-state index is 0.